The molecule has 1 nitrogen and oxygen atoms in total. The maximum absolute atomic E-state index is 5.80. The van der Waals surface area contributed by atoms with Crippen LogP contribution in [0.4, 0.5) is 0 Å². The van der Waals surface area contributed by atoms with Gasteiger partial charge in [0, 0.05) is 11.1 Å². The van der Waals surface area contributed by atoms with Crippen molar-refractivity contribution in [2.24, 2.45) is 5.73 Å². The van der Waals surface area contributed by atoms with Gasteiger partial charge < -0.3 is 5.73 Å². The van der Waals surface area contributed by atoms with Crippen LogP contribution in [0.5, 0.6) is 0 Å². The van der Waals surface area contributed by atoms with E-state index in [9.17, 15) is 0 Å². The Morgan fingerprint density at radius 2 is 2.27 bits per heavy atom. The Morgan fingerprint density at radius 3 is 2.82 bits per heavy atom. The third kappa shape index (κ3) is 2.21. The summed E-state index contributed by atoms with van der Waals surface area (Å²) in [5.74, 6) is 0. The van der Waals surface area contributed by atoms with Gasteiger partial charge in [0.25, 0.3) is 0 Å². The molecule has 2 heteroatoms. The summed E-state index contributed by atoms with van der Waals surface area (Å²) in [6.07, 6.45) is 0.945. The lowest BCUT2D eigenvalue weighted by Gasteiger charge is -2.08. The van der Waals surface area contributed by atoms with Crippen LogP contribution in [-0.4, -0.2) is 0 Å². The van der Waals surface area contributed by atoms with Crippen molar-refractivity contribution in [1.29, 1.82) is 0 Å². The first-order chi connectivity index (χ1) is 5.24. The van der Waals surface area contributed by atoms with E-state index in [2.05, 4.69) is 6.92 Å². The molecule has 0 spiro atoms. The van der Waals surface area contributed by atoms with Crippen LogP contribution >= 0.6 is 11.6 Å². The van der Waals surface area contributed by atoms with Crippen molar-refractivity contribution in [3.05, 3.63) is 34.9 Å². The van der Waals surface area contributed by atoms with E-state index < -0.39 is 0 Å². The first kappa shape index (κ1) is 8.57. The molecule has 0 amide bonds. The van der Waals surface area contributed by atoms with Crippen LogP contribution in [0.1, 0.15) is 24.9 Å². The predicted octanol–water partition coefficient (Wildman–Crippen LogP) is 2.75. The van der Waals surface area contributed by atoms with Gasteiger partial charge in [-0.05, 0) is 24.1 Å². The molecule has 2 N–H and O–H groups in total. The maximum Gasteiger partial charge on any atom is 0.0409 e. The van der Waals surface area contributed by atoms with Gasteiger partial charge >= 0.3 is 0 Å². The molecule has 0 radical (unpaired) electrons. The van der Waals surface area contributed by atoms with Gasteiger partial charge in [-0.15, -0.1) is 0 Å². The molecule has 0 fully saturated rings. The Balaban J connectivity index is 2.86. The standard InChI is InChI=1S/C9H12ClN/c1-2-9(11)7-4-3-5-8(10)6-7/h3-6,9H,2,11H2,1H3. The highest BCUT2D eigenvalue weighted by Gasteiger charge is 2.01. The Hall–Kier alpha value is -0.530. The Bertz CT molecular complexity index is 235. The molecule has 0 saturated heterocycles. The van der Waals surface area contributed by atoms with Gasteiger partial charge in [0.2, 0.25) is 0 Å². The molecule has 1 rings (SSSR count). The third-order valence-electron chi connectivity index (χ3n) is 1.72. The molecule has 1 unspecified atom stereocenters. The molecule has 0 heterocycles. The minimum Gasteiger partial charge on any atom is -0.324 e. The molecule has 1 aromatic carbocycles. The van der Waals surface area contributed by atoms with Crippen LogP contribution in [0.25, 0.3) is 0 Å². The molecule has 1 aromatic rings. The zero-order chi connectivity index (χ0) is 8.27. The number of hydrogen-bond donors (Lipinski definition) is 1. The summed E-state index contributed by atoms with van der Waals surface area (Å²) < 4.78 is 0. The first-order valence-corrected chi connectivity index (χ1v) is 4.13. The predicted molar refractivity (Wildman–Crippen MR) is 48.7 cm³/mol. The van der Waals surface area contributed by atoms with Gasteiger partial charge in [0.05, 0.1) is 0 Å². The molecule has 0 saturated carbocycles. The van der Waals surface area contributed by atoms with Gasteiger partial charge in [0.1, 0.15) is 0 Å². The largest absolute Gasteiger partial charge is 0.324 e. The molecule has 0 aliphatic heterocycles. The highest BCUT2D eigenvalue weighted by Crippen LogP contribution is 2.17. The van der Waals surface area contributed by atoms with Crippen molar-refractivity contribution in [1.82, 2.24) is 0 Å². The minimum atomic E-state index is 0.119. The second-order valence-electron chi connectivity index (χ2n) is 2.57. The topological polar surface area (TPSA) is 26.0 Å². The average molecular weight is 170 g/mol. The van der Waals surface area contributed by atoms with Gasteiger partial charge in [-0.1, -0.05) is 30.7 Å². The second kappa shape index (κ2) is 3.74. The number of rotatable bonds is 2. The smallest absolute Gasteiger partial charge is 0.0409 e. The fraction of sp³-hybridized carbons (Fsp3) is 0.333. The van der Waals surface area contributed by atoms with Crippen LogP contribution in [0.2, 0.25) is 5.02 Å². The Labute approximate surface area is 72.2 Å². The highest BCUT2D eigenvalue weighted by atomic mass is 35.5. The number of hydrogen-bond acceptors (Lipinski definition) is 1. The molecular weight excluding hydrogens is 158 g/mol. The van der Waals surface area contributed by atoms with E-state index >= 15 is 0 Å². The van der Waals surface area contributed by atoms with E-state index in [1.807, 2.05) is 24.3 Å². The van der Waals surface area contributed by atoms with E-state index in [-0.39, 0.29) is 6.04 Å². The normalized spacial score (nSPS) is 13.0. The highest BCUT2D eigenvalue weighted by molar-refractivity contribution is 6.30. The molecule has 60 valence electrons. The quantitative estimate of drug-likeness (QED) is 0.724. The third-order valence-corrected chi connectivity index (χ3v) is 1.95. The minimum absolute atomic E-state index is 0.119. The molecule has 1 atom stereocenters. The van der Waals surface area contributed by atoms with Crippen molar-refractivity contribution in [3.63, 3.8) is 0 Å². The van der Waals surface area contributed by atoms with E-state index in [1.54, 1.807) is 0 Å². The van der Waals surface area contributed by atoms with Crippen LogP contribution in [-0.2, 0) is 0 Å². The van der Waals surface area contributed by atoms with Crippen molar-refractivity contribution in [2.75, 3.05) is 0 Å². The van der Waals surface area contributed by atoms with Crippen molar-refractivity contribution < 1.29 is 0 Å². The van der Waals surface area contributed by atoms with Crippen molar-refractivity contribution >= 4 is 11.6 Å². The van der Waals surface area contributed by atoms with Gasteiger partial charge in [-0.2, -0.15) is 0 Å². The summed E-state index contributed by atoms with van der Waals surface area (Å²) >= 11 is 5.79. The molecule has 0 bridgehead atoms. The molecule has 0 aromatic heterocycles. The Kier molecular flexibility index (Phi) is 2.92. The fourth-order valence-corrected chi connectivity index (χ4v) is 1.17. The summed E-state index contributed by atoms with van der Waals surface area (Å²) in [5.41, 5.74) is 6.92. The van der Waals surface area contributed by atoms with E-state index in [4.69, 9.17) is 17.3 Å². The summed E-state index contributed by atoms with van der Waals surface area (Å²) in [6, 6.07) is 7.81. The average Bonchev–Trinajstić information content (AvgIpc) is 2.03. The summed E-state index contributed by atoms with van der Waals surface area (Å²) in [5, 5.41) is 0.756. The maximum atomic E-state index is 5.80. The Morgan fingerprint density at radius 1 is 1.55 bits per heavy atom. The van der Waals surface area contributed by atoms with Crippen molar-refractivity contribution in [3.8, 4) is 0 Å². The van der Waals surface area contributed by atoms with Crippen molar-refractivity contribution in [2.45, 2.75) is 19.4 Å². The molecule has 0 aliphatic rings. The fourth-order valence-electron chi connectivity index (χ4n) is 0.973. The zero-order valence-corrected chi connectivity index (χ0v) is 7.31. The molecule has 11 heavy (non-hydrogen) atoms. The van der Waals surface area contributed by atoms with E-state index in [0.29, 0.717) is 0 Å². The second-order valence-corrected chi connectivity index (χ2v) is 3.01. The van der Waals surface area contributed by atoms with Crippen LogP contribution in [0, 0.1) is 0 Å². The molecule has 0 aliphatic carbocycles. The molecular formula is C9H12ClN. The summed E-state index contributed by atoms with van der Waals surface area (Å²) in [6.45, 7) is 2.06. The lowest BCUT2D eigenvalue weighted by Crippen LogP contribution is -2.07. The first-order valence-electron chi connectivity index (χ1n) is 3.75. The van der Waals surface area contributed by atoms with E-state index in [1.165, 1.54) is 0 Å². The zero-order valence-electron chi connectivity index (χ0n) is 6.55. The lowest BCUT2D eigenvalue weighted by molar-refractivity contribution is 0.699. The van der Waals surface area contributed by atoms with Gasteiger partial charge in [-0.3, -0.25) is 0 Å². The van der Waals surface area contributed by atoms with Gasteiger partial charge in [0.15, 0.2) is 0 Å². The summed E-state index contributed by atoms with van der Waals surface area (Å²) in [4.78, 5) is 0. The van der Waals surface area contributed by atoms with Crippen LogP contribution in [0.3, 0.4) is 0 Å². The number of nitrogens with two attached hydrogens (primary N) is 1. The van der Waals surface area contributed by atoms with Crippen LogP contribution in [0.15, 0.2) is 24.3 Å². The van der Waals surface area contributed by atoms with E-state index in [0.717, 1.165) is 17.0 Å². The SMILES string of the molecule is CCC(N)c1cccc(Cl)c1. The number of halogens is 1. The monoisotopic (exact) mass is 169 g/mol. The lowest BCUT2D eigenvalue weighted by atomic mass is 10.1. The summed E-state index contributed by atoms with van der Waals surface area (Å²) in [7, 11) is 0. The van der Waals surface area contributed by atoms with Crippen LogP contribution < -0.4 is 5.73 Å². The van der Waals surface area contributed by atoms with Gasteiger partial charge in [-0.25, -0.2) is 0 Å². The number of benzene rings is 1.